The summed E-state index contributed by atoms with van der Waals surface area (Å²) in [5.74, 6) is -0.885. The van der Waals surface area contributed by atoms with Crippen LogP contribution in [0.5, 0.6) is 0 Å². The van der Waals surface area contributed by atoms with Crippen LogP contribution < -0.4 is 0 Å². The van der Waals surface area contributed by atoms with Crippen LogP contribution in [0.2, 0.25) is 0 Å². The van der Waals surface area contributed by atoms with Crippen molar-refractivity contribution in [3.05, 3.63) is 109 Å². The van der Waals surface area contributed by atoms with Crippen LogP contribution in [0.15, 0.2) is 109 Å². The zero-order chi connectivity index (χ0) is 57.1. The molecule has 0 saturated carbocycles. The Hall–Kier alpha value is -3.93. The van der Waals surface area contributed by atoms with E-state index in [-0.39, 0.29) is 31.1 Å². The van der Waals surface area contributed by atoms with E-state index in [0.717, 1.165) is 122 Å². The summed E-state index contributed by atoms with van der Waals surface area (Å²) in [6.07, 6.45) is 91.3. The topological polar surface area (TPSA) is 78.9 Å². The highest BCUT2D eigenvalue weighted by Gasteiger charge is 2.19. The van der Waals surface area contributed by atoms with E-state index in [1.807, 2.05) is 0 Å². The predicted molar refractivity (Wildman–Crippen MR) is 343 cm³/mol. The van der Waals surface area contributed by atoms with Crippen molar-refractivity contribution in [2.75, 3.05) is 13.2 Å². The smallest absolute Gasteiger partial charge is 0.306 e. The van der Waals surface area contributed by atoms with Crippen LogP contribution in [-0.4, -0.2) is 37.2 Å². The average Bonchev–Trinajstić information content (AvgIpc) is 3.45. The number of allylic oxidation sites excluding steroid dienone is 18. The quantitative estimate of drug-likeness (QED) is 0.0261. The van der Waals surface area contributed by atoms with Crippen LogP contribution in [0, 0.1) is 0 Å². The molecule has 0 aliphatic rings. The van der Waals surface area contributed by atoms with Crippen molar-refractivity contribution >= 4 is 17.9 Å². The minimum Gasteiger partial charge on any atom is -0.462 e. The second-order valence-corrected chi connectivity index (χ2v) is 22.0. The lowest BCUT2D eigenvalue weighted by atomic mass is 10.0. The van der Waals surface area contributed by atoms with E-state index in [1.54, 1.807) is 0 Å². The van der Waals surface area contributed by atoms with Gasteiger partial charge in [-0.3, -0.25) is 14.4 Å². The van der Waals surface area contributed by atoms with Crippen molar-refractivity contribution in [2.45, 2.75) is 322 Å². The number of unbranched alkanes of at least 4 members (excludes halogenated alkanes) is 31. The summed E-state index contributed by atoms with van der Waals surface area (Å²) >= 11 is 0. The third kappa shape index (κ3) is 64.8. The SMILES string of the molecule is CC/C=C\C/C=C\C/C=C\C/C=C\C/C=C\C/C=C\C/C=C\C/C=C\C/C=C\CCCCCCCCCC(=O)OCC(COC(=O)CCCCCCCCC)OC(=O)CCCCCCCCCCCCCCCCCCCCC. The first-order valence-corrected chi connectivity index (χ1v) is 33.4. The minimum absolute atomic E-state index is 0.0779. The molecule has 0 N–H and O–H groups in total. The van der Waals surface area contributed by atoms with Gasteiger partial charge in [0.2, 0.25) is 0 Å². The van der Waals surface area contributed by atoms with Crippen molar-refractivity contribution in [1.82, 2.24) is 0 Å². The van der Waals surface area contributed by atoms with Gasteiger partial charge in [0.15, 0.2) is 6.10 Å². The number of carbonyl (C=O) groups is 3. The fourth-order valence-corrected chi connectivity index (χ4v) is 9.32. The summed E-state index contributed by atoms with van der Waals surface area (Å²) < 4.78 is 16.8. The Morgan fingerprint density at radius 3 is 0.772 bits per heavy atom. The molecule has 0 bridgehead atoms. The molecule has 0 aromatic heterocycles. The Balaban J connectivity index is 4.13. The Bertz CT molecular complexity index is 1590. The van der Waals surface area contributed by atoms with Crippen molar-refractivity contribution in [3.8, 4) is 0 Å². The molecule has 0 aromatic carbocycles. The number of rotatable bonds is 60. The van der Waals surface area contributed by atoms with Crippen LogP contribution in [0.4, 0.5) is 0 Å². The van der Waals surface area contributed by atoms with Crippen LogP contribution in [0.1, 0.15) is 316 Å². The van der Waals surface area contributed by atoms with Crippen molar-refractivity contribution in [1.29, 1.82) is 0 Å². The van der Waals surface area contributed by atoms with Gasteiger partial charge in [-0.2, -0.15) is 0 Å². The lowest BCUT2D eigenvalue weighted by Crippen LogP contribution is -2.30. The highest BCUT2D eigenvalue weighted by molar-refractivity contribution is 5.71. The van der Waals surface area contributed by atoms with Gasteiger partial charge in [-0.25, -0.2) is 0 Å². The van der Waals surface area contributed by atoms with Crippen molar-refractivity contribution in [3.63, 3.8) is 0 Å². The fraction of sp³-hybridized carbons (Fsp3) is 0.712. The van der Waals surface area contributed by atoms with E-state index in [0.29, 0.717) is 19.3 Å². The molecule has 6 heteroatoms. The standard InChI is InChI=1S/C73H124O6/c1-4-7-10-13-16-18-20-22-24-26-28-29-30-31-32-33-34-35-36-37-38-39-40-41-42-43-45-46-48-50-52-54-57-60-63-66-72(75)78-69-70(68-77-71(74)65-62-59-56-15-12-9-6-3)79-73(76)67-64-61-58-55-53-51-49-47-44-27-25-23-21-19-17-14-11-8-5-2/h7,10,16,18,22,24,28-29,31-32,34-35,37-38,40-41,43,45,70H,4-6,8-9,11-15,17,19-21,23,25-27,30,33,36,39,42,44,46-69H2,1-3H3/b10-7-,18-16-,24-22-,29-28-,32-31-,35-34-,38-37-,41-40-,45-43-. The zero-order valence-corrected chi connectivity index (χ0v) is 51.9. The number of hydrogen-bond donors (Lipinski definition) is 0. The van der Waals surface area contributed by atoms with Crippen LogP contribution in [0.25, 0.3) is 0 Å². The maximum absolute atomic E-state index is 12.9. The van der Waals surface area contributed by atoms with E-state index in [9.17, 15) is 14.4 Å². The molecule has 6 nitrogen and oxygen atoms in total. The Morgan fingerprint density at radius 2 is 0.494 bits per heavy atom. The molecule has 0 rings (SSSR count). The largest absolute Gasteiger partial charge is 0.462 e. The minimum atomic E-state index is -0.779. The molecule has 0 fully saturated rings. The number of ether oxygens (including phenoxy) is 3. The van der Waals surface area contributed by atoms with Gasteiger partial charge in [0.25, 0.3) is 0 Å². The molecule has 0 aliphatic heterocycles. The van der Waals surface area contributed by atoms with Gasteiger partial charge in [-0.1, -0.05) is 316 Å². The maximum atomic E-state index is 12.9. The van der Waals surface area contributed by atoms with E-state index in [4.69, 9.17) is 14.2 Å². The molecular weight excluding hydrogens is 973 g/mol. The van der Waals surface area contributed by atoms with E-state index < -0.39 is 6.10 Å². The van der Waals surface area contributed by atoms with Gasteiger partial charge in [-0.15, -0.1) is 0 Å². The summed E-state index contributed by atoms with van der Waals surface area (Å²) in [5, 5.41) is 0. The second kappa shape index (κ2) is 66.6. The number of carbonyl (C=O) groups excluding carboxylic acids is 3. The molecule has 0 aliphatic carbocycles. The highest BCUT2D eigenvalue weighted by Crippen LogP contribution is 2.17. The number of esters is 3. The van der Waals surface area contributed by atoms with Crippen LogP contribution >= 0.6 is 0 Å². The van der Waals surface area contributed by atoms with Gasteiger partial charge < -0.3 is 14.2 Å². The average molecular weight is 1100 g/mol. The van der Waals surface area contributed by atoms with Crippen LogP contribution in [0.3, 0.4) is 0 Å². The summed E-state index contributed by atoms with van der Waals surface area (Å²) in [6, 6.07) is 0. The summed E-state index contributed by atoms with van der Waals surface area (Å²) in [5.41, 5.74) is 0. The molecule has 0 saturated heterocycles. The molecule has 1 atom stereocenters. The van der Waals surface area contributed by atoms with Crippen molar-refractivity contribution in [2.24, 2.45) is 0 Å². The molecule has 452 valence electrons. The van der Waals surface area contributed by atoms with Gasteiger partial charge in [0.1, 0.15) is 13.2 Å². The third-order valence-corrected chi connectivity index (χ3v) is 14.3. The monoisotopic (exact) mass is 1100 g/mol. The first-order valence-electron chi connectivity index (χ1n) is 33.4. The van der Waals surface area contributed by atoms with Gasteiger partial charge in [-0.05, 0) is 89.9 Å². The molecule has 1 unspecified atom stereocenters. The molecule has 0 radical (unpaired) electrons. The zero-order valence-electron chi connectivity index (χ0n) is 51.9. The van der Waals surface area contributed by atoms with Crippen molar-refractivity contribution < 1.29 is 28.6 Å². The summed E-state index contributed by atoms with van der Waals surface area (Å²) in [4.78, 5) is 38.1. The van der Waals surface area contributed by atoms with Gasteiger partial charge in [0.05, 0.1) is 0 Å². The summed E-state index contributed by atoms with van der Waals surface area (Å²) in [6.45, 7) is 6.50. The van der Waals surface area contributed by atoms with E-state index in [1.165, 1.54) is 154 Å². The highest BCUT2D eigenvalue weighted by atomic mass is 16.6. The third-order valence-electron chi connectivity index (χ3n) is 14.3. The van der Waals surface area contributed by atoms with Gasteiger partial charge in [0, 0.05) is 19.3 Å². The lowest BCUT2D eigenvalue weighted by Gasteiger charge is -2.18. The van der Waals surface area contributed by atoms with E-state index >= 15 is 0 Å². The predicted octanol–water partition coefficient (Wildman–Crippen LogP) is 23.0. The Labute approximate surface area is 489 Å². The first-order chi connectivity index (χ1) is 39.0. The Morgan fingerprint density at radius 1 is 0.266 bits per heavy atom. The first kappa shape index (κ1) is 75.1. The maximum Gasteiger partial charge on any atom is 0.306 e. The van der Waals surface area contributed by atoms with Gasteiger partial charge >= 0.3 is 17.9 Å². The van der Waals surface area contributed by atoms with E-state index in [2.05, 4.69) is 130 Å². The Kier molecular flexibility index (Phi) is 63.3. The molecule has 0 spiro atoms. The van der Waals surface area contributed by atoms with Crippen LogP contribution in [-0.2, 0) is 28.6 Å². The lowest BCUT2D eigenvalue weighted by molar-refractivity contribution is -0.167. The molecule has 79 heavy (non-hydrogen) atoms. The molecule has 0 aromatic rings. The fourth-order valence-electron chi connectivity index (χ4n) is 9.32. The second-order valence-electron chi connectivity index (χ2n) is 22.0. The molecular formula is C73H124O6. The summed E-state index contributed by atoms with van der Waals surface area (Å²) in [7, 11) is 0. The molecule has 0 heterocycles. The molecule has 0 amide bonds. The normalized spacial score (nSPS) is 12.8. The number of hydrogen-bond acceptors (Lipinski definition) is 6.